The van der Waals surface area contributed by atoms with Gasteiger partial charge >= 0.3 is 0 Å². The summed E-state index contributed by atoms with van der Waals surface area (Å²) < 4.78 is 65.8. The molecular formula is C18H10F5N3O. The molecule has 0 bridgehead atoms. The quantitative estimate of drug-likeness (QED) is 0.507. The molecule has 0 saturated heterocycles. The van der Waals surface area contributed by atoms with Crippen LogP contribution in [0.3, 0.4) is 0 Å². The van der Waals surface area contributed by atoms with E-state index in [1.165, 1.54) is 24.4 Å². The minimum Gasteiger partial charge on any atom is -0.354 e. The molecule has 27 heavy (non-hydrogen) atoms. The van der Waals surface area contributed by atoms with E-state index in [1.54, 1.807) is 0 Å². The molecule has 0 aliphatic carbocycles. The van der Waals surface area contributed by atoms with Gasteiger partial charge in [-0.05, 0) is 36.4 Å². The molecule has 3 aromatic rings. The molecule has 0 atom stereocenters. The van der Waals surface area contributed by atoms with Crippen LogP contribution in [-0.4, -0.2) is 10.9 Å². The van der Waals surface area contributed by atoms with E-state index in [1.807, 2.05) is 0 Å². The first-order chi connectivity index (χ1) is 12.8. The number of pyridine rings is 1. The maximum atomic E-state index is 13.6. The highest BCUT2D eigenvalue weighted by molar-refractivity contribution is 6.03. The van der Waals surface area contributed by atoms with E-state index < -0.39 is 40.7 Å². The fraction of sp³-hybridized carbons (Fsp3) is 0. The van der Waals surface area contributed by atoms with Gasteiger partial charge < -0.3 is 10.6 Å². The summed E-state index contributed by atoms with van der Waals surface area (Å²) in [7, 11) is 0. The summed E-state index contributed by atoms with van der Waals surface area (Å²) in [5.74, 6) is -7.48. The number of halogens is 5. The lowest BCUT2D eigenvalue weighted by atomic mass is 10.2. The molecule has 138 valence electrons. The van der Waals surface area contributed by atoms with Gasteiger partial charge in [0.05, 0.1) is 17.6 Å². The smallest absolute Gasteiger partial charge is 0.274 e. The topological polar surface area (TPSA) is 54.0 Å². The van der Waals surface area contributed by atoms with E-state index >= 15 is 0 Å². The number of benzene rings is 2. The predicted octanol–water partition coefficient (Wildman–Crippen LogP) is 4.77. The second-order valence-electron chi connectivity index (χ2n) is 5.36. The Morgan fingerprint density at radius 2 is 1.48 bits per heavy atom. The van der Waals surface area contributed by atoms with Crippen LogP contribution < -0.4 is 10.6 Å². The summed E-state index contributed by atoms with van der Waals surface area (Å²) in [6.45, 7) is 0. The lowest BCUT2D eigenvalue weighted by molar-refractivity contribution is 0.102. The van der Waals surface area contributed by atoms with Crippen molar-refractivity contribution < 1.29 is 26.7 Å². The summed E-state index contributed by atoms with van der Waals surface area (Å²) >= 11 is 0. The van der Waals surface area contributed by atoms with Gasteiger partial charge in [-0.2, -0.15) is 0 Å². The van der Waals surface area contributed by atoms with E-state index in [-0.39, 0.29) is 11.4 Å². The molecule has 9 heteroatoms. The average Bonchev–Trinajstić information content (AvgIpc) is 2.66. The van der Waals surface area contributed by atoms with E-state index in [0.717, 1.165) is 18.2 Å². The molecule has 0 aliphatic rings. The second-order valence-corrected chi connectivity index (χ2v) is 5.36. The fourth-order valence-corrected chi connectivity index (χ4v) is 2.15. The molecular weight excluding hydrogens is 369 g/mol. The highest BCUT2D eigenvalue weighted by atomic mass is 19.2. The number of amides is 1. The molecule has 0 aliphatic heterocycles. The molecule has 0 unspecified atom stereocenters. The monoisotopic (exact) mass is 379 g/mol. The molecule has 1 aromatic heterocycles. The number of nitrogens with one attached hydrogen (secondary N) is 2. The summed E-state index contributed by atoms with van der Waals surface area (Å²) in [5.41, 5.74) is -0.0343. The van der Waals surface area contributed by atoms with Crippen molar-refractivity contribution in [3.8, 4) is 0 Å². The summed E-state index contributed by atoms with van der Waals surface area (Å²) in [4.78, 5) is 15.9. The van der Waals surface area contributed by atoms with Crippen LogP contribution in [-0.2, 0) is 0 Å². The zero-order chi connectivity index (χ0) is 19.6. The first-order valence-corrected chi connectivity index (χ1v) is 7.48. The Kier molecular flexibility index (Phi) is 5.02. The van der Waals surface area contributed by atoms with Crippen molar-refractivity contribution in [2.75, 3.05) is 10.6 Å². The maximum Gasteiger partial charge on any atom is 0.274 e. The maximum absolute atomic E-state index is 13.6. The summed E-state index contributed by atoms with van der Waals surface area (Å²) in [6.07, 6.45) is 1.23. The largest absolute Gasteiger partial charge is 0.354 e. The van der Waals surface area contributed by atoms with Crippen molar-refractivity contribution >= 4 is 23.0 Å². The molecule has 1 amide bonds. The molecule has 0 saturated carbocycles. The van der Waals surface area contributed by atoms with Crippen molar-refractivity contribution in [2.45, 2.75) is 0 Å². The first-order valence-electron chi connectivity index (χ1n) is 7.48. The third kappa shape index (κ3) is 4.02. The third-order valence-electron chi connectivity index (χ3n) is 3.49. The number of aromatic nitrogens is 1. The molecule has 0 radical (unpaired) electrons. The van der Waals surface area contributed by atoms with Crippen molar-refractivity contribution in [1.29, 1.82) is 0 Å². The number of nitrogens with zero attached hydrogens (tertiary/aromatic N) is 1. The average molecular weight is 379 g/mol. The van der Waals surface area contributed by atoms with Gasteiger partial charge in [-0.3, -0.25) is 4.79 Å². The molecule has 0 fully saturated rings. The van der Waals surface area contributed by atoms with Crippen LogP contribution in [0.25, 0.3) is 0 Å². The Morgan fingerprint density at radius 3 is 2.15 bits per heavy atom. The van der Waals surface area contributed by atoms with Crippen LogP contribution in [0.5, 0.6) is 0 Å². The Labute approximate surface area is 149 Å². The van der Waals surface area contributed by atoms with Gasteiger partial charge in [0.15, 0.2) is 29.1 Å². The van der Waals surface area contributed by atoms with Gasteiger partial charge in [0.1, 0.15) is 5.69 Å². The Morgan fingerprint density at radius 1 is 0.778 bits per heavy atom. The number of rotatable bonds is 4. The van der Waals surface area contributed by atoms with Crippen molar-refractivity contribution in [2.24, 2.45) is 0 Å². The molecule has 4 nitrogen and oxygen atoms in total. The lowest BCUT2D eigenvalue weighted by Crippen LogP contribution is -2.15. The third-order valence-corrected chi connectivity index (χ3v) is 3.49. The van der Waals surface area contributed by atoms with Gasteiger partial charge in [0.2, 0.25) is 0 Å². The van der Waals surface area contributed by atoms with E-state index in [0.29, 0.717) is 11.8 Å². The van der Waals surface area contributed by atoms with Crippen LogP contribution in [0.2, 0.25) is 0 Å². The zero-order valence-corrected chi connectivity index (χ0v) is 13.4. The van der Waals surface area contributed by atoms with Gasteiger partial charge in [-0.1, -0.05) is 0 Å². The van der Waals surface area contributed by atoms with Crippen LogP contribution in [0, 0.1) is 29.1 Å². The normalized spacial score (nSPS) is 10.6. The highest BCUT2D eigenvalue weighted by Gasteiger charge is 2.16. The SMILES string of the molecule is O=C(Nc1ccc(F)c(F)c1F)c1ccc(Nc2ccc(F)c(F)c2)cn1. The van der Waals surface area contributed by atoms with E-state index in [9.17, 15) is 26.7 Å². The van der Waals surface area contributed by atoms with E-state index in [2.05, 4.69) is 15.6 Å². The number of hydrogen-bond donors (Lipinski definition) is 2. The van der Waals surface area contributed by atoms with Crippen molar-refractivity contribution in [3.63, 3.8) is 0 Å². The number of hydrogen-bond acceptors (Lipinski definition) is 3. The standard InChI is InChI=1S/C18H10F5N3O/c19-11-3-1-9(7-13(11)21)25-10-2-5-15(24-8-10)18(27)26-14-6-4-12(20)16(22)17(14)23/h1-8,25H,(H,26,27). The number of carbonyl (C=O) groups excluding carboxylic acids is 1. The molecule has 3 rings (SSSR count). The van der Waals surface area contributed by atoms with Crippen LogP contribution >= 0.6 is 0 Å². The van der Waals surface area contributed by atoms with Crippen molar-refractivity contribution in [1.82, 2.24) is 4.98 Å². The number of anilines is 3. The summed E-state index contributed by atoms with van der Waals surface area (Å²) in [6, 6.07) is 7.46. The predicted molar refractivity (Wildman–Crippen MR) is 88.1 cm³/mol. The van der Waals surface area contributed by atoms with Gasteiger partial charge in [0, 0.05) is 11.8 Å². The van der Waals surface area contributed by atoms with Gasteiger partial charge in [-0.15, -0.1) is 0 Å². The van der Waals surface area contributed by atoms with E-state index in [4.69, 9.17) is 0 Å². The van der Waals surface area contributed by atoms with Gasteiger partial charge in [0.25, 0.3) is 5.91 Å². The minimum absolute atomic E-state index is 0.130. The van der Waals surface area contributed by atoms with Crippen LogP contribution in [0.1, 0.15) is 10.5 Å². The van der Waals surface area contributed by atoms with Crippen LogP contribution in [0.15, 0.2) is 48.7 Å². The van der Waals surface area contributed by atoms with Crippen LogP contribution in [0.4, 0.5) is 39.0 Å². The fourth-order valence-electron chi connectivity index (χ4n) is 2.15. The molecule has 2 N–H and O–H groups in total. The van der Waals surface area contributed by atoms with Gasteiger partial charge in [-0.25, -0.2) is 26.9 Å². The first kappa shape index (κ1) is 18.3. The lowest BCUT2D eigenvalue weighted by Gasteiger charge is -2.09. The zero-order valence-electron chi connectivity index (χ0n) is 13.4. The second kappa shape index (κ2) is 7.40. The Hall–Kier alpha value is -3.49. The molecule has 2 aromatic carbocycles. The molecule has 1 heterocycles. The molecule has 0 spiro atoms. The minimum atomic E-state index is -1.70. The Balaban J connectivity index is 1.72. The van der Waals surface area contributed by atoms with Crippen molar-refractivity contribution in [3.05, 3.63) is 83.4 Å². The number of carbonyl (C=O) groups is 1. The summed E-state index contributed by atoms with van der Waals surface area (Å²) in [5, 5.41) is 4.84. The Bertz CT molecular complexity index is 1010. The highest BCUT2D eigenvalue weighted by Crippen LogP contribution is 2.21.